The van der Waals surface area contributed by atoms with Crippen LogP contribution in [0.5, 0.6) is 0 Å². The van der Waals surface area contributed by atoms with Crippen LogP contribution in [0, 0.1) is 6.92 Å². The lowest BCUT2D eigenvalue weighted by molar-refractivity contribution is 0.196. The number of alkyl halides is 1. The molecule has 108 valence electrons. The number of hydrogen-bond donors (Lipinski definition) is 1. The lowest BCUT2D eigenvalue weighted by atomic mass is 10.4. The minimum atomic E-state index is -3.50. The highest BCUT2D eigenvalue weighted by atomic mass is 35.5. The van der Waals surface area contributed by atoms with Crippen molar-refractivity contribution in [1.82, 2.24) is 19.4 Å². The quantitative estimate of drug-likeness (QED) is 0.835. The van der Waals surface area contributed by atoms with Crippen LogP contribution >= 0.6 is 11.6 Å². The zero-order chi connectivity index (χ0) is 14.0. The lowest BCUT2D eigenvalue weighted by Crippen LogP contribution is -2.48. The van der Waals surface area contributed by atoms with E-state index in [1.54, 1.807) is 6.92 Å². The van der Waals surface area contributed by atoms with Gasteiger partial charge in [-0.05, 0) is 13.5 Å². The third-order valence-electron chi connectivity index (χ3n) is 3.46. The molecule has 0 spiro atoms. The number of aromatic amines is 1. The van der Waals surface area contributed by atoms with Crippen molar-refractivity contribution < 1.29 is 8.42 Å². The number of likely N-dealkylation sites (N-methyl/N-ethyl adjacent to an activating group) is 1. The van der Waals surface area contributed by atoms with Crippen LogP contribution in [0.1, 0.15) is 18.3 Å². The maximum atomic E-state index is 12.6. The van der Waals surface area contributed by atoms with Crippen molar-refractivity contribution in [2.75, 3.05) is 32.7 Å². The number of aryl methyl sites for hydroxylation is 1. The molecule has 0 unspecified atom stereocenters. The number of nitrogens with one attached hydrogen (secondary N) is 1. The van der Waals surface area contributed by atoms with E-state index in [0.717, 1.165) is 19.6 Å². The van der Waals surface area contributed by atoms with E-state index in [4.69, 9.17) is 11.6 Å². The normalized spacial score (nSPS) is 18.9. The monoisotopic (exact) mass is 306 g/mol. The van der Waals surface area contributed by atoms with Gasteiger partial charge >= 0.3 is 0 Å². The second kappa shape index (κ2) is 5.78. The Hall–Kier alpha value is -0.630. The van der Waals surface area contributed by atoms with Gasteiger partial charge in [0.15, 0.2) is 0 Å². The highest BCUT2D eigenvalue weighted by Crippen LogP contribution is 2.24. The molecule has 1 aromatic rings. The van der Waals surface area contributed by atoms with Crippen LogP contribution in [0.4, 0.5) is 0 Å². The second-order valence-corrected chi connectivity index (χ2v) is 6.74. The van der Waals surface area contributed by atoms with E-state index in [1.165, 1.54) is 4.31 Å². The average molecular weight is 307 g/mol. The first-order chi connectivity index (χ1) is 9.00. The maximum absolute atomic E-state index is 12.6. The summed E-state index contributed by atoms with van der Waals surface area (Å²) in [4.78, 5) is 2.48. The Bertz CT molecular complexity index is 535. The number of aromatic nitrogens is 2. The Morgan fingerprint density at radius 3 is 2.47 bits per heavy atom. The Morgan fingerprint density at radius 1 is 1.32 bits per heavy atom. The molecule has 8 heteroatoms. The SMILES string of the molecule is CCN1CCN(S(=O)(=O)c2c(CCl)n[nH]c2C)CC1. The molecule has 0 amide bonds. The molecular weight excluding hydrogens is 288 g/mol. The van der Waals surface area contributed by atoms with Crippen molar-refractivity contribution in [2.24, 2.45) is 0 Å². The summed E-state index contributed by atoms with van der Waals surface area (Å²) in [6.45, 7) is 7.30. The van der Waals surface area contributed by atoms with Gasteiger partial charge in [0, 0.05) is 26.2 Å². The topological polar surface area (TPSA) is 69.3 Å². The van der Waals surface area contributed by atoms with Gasteiger partial charge in [-0.2, -0.15) is 9.40 Å². The molecule has 2 rings (SSSR count). The van der Waals surface area contributed by atoms with Crippen molar-refractivity contribution in [3.05, 3.63) is 11.4 Å². The van der Waals surface area contributed by atoms with Gasteiger partial charge in [-0.15, -0.1) is 11.6 Å². The molecule has 1 N–H and O–H groups in total. The molecule has 0 aliphatic carbocycles. The molecule has 19 heavy (non-hydrogen) atoms. The molecule has 1 saturated heterocycles. The minimum Gasteiger partial charge on any atom is -0.301 e. The van der Waals surface area contributed by atoms with Gasteiger partial charge in [-0.25, -0.2) is 8.42 Å². The summed E-state index contributed by atoms with van der Waals surface area (Å²) in [5.74, 6) is 0.0911. The van der Waals surface area contributed by atoms with Gasteiger partial charge in [0.05, 0.1) is 17.3 Å². The zero-order valence-corrected chi connectivity index (χ0v) is 12.8. The Balaban J connectivity index is 2.26. The van der Waals surface area contributed by atoms with Crippen molar-refractivity contribution in [3.63, 3.8) is 0 Å². The summed E-state index contributed by atoms with van der Waals surface area (Å²) >= 11 is 5.76. The van der Waals surface area contributed by atoms with E-state index in [-0.39, 0.29) is 10.8 Å². The molecular formula is C11H19ClN4O2S. The third-order valence-corrected chi connectivity index (χ3v) is 5.82. The first-order valence-corrected chi connectivity index (χ1v) is 8.30. The van der Waals surface area contributed by atoms with Gasteiger partial charge < -0.3 is 4.90 Å². The van der Waals surface area contributed by atoms with Crippen LogP contribution in [0.2, 0.25) is 0 Å². The van der Waals surface area contributed by atoms with E-state index in [1.807, 2.05) is 0 Å². The smallest absolute Gasteiger partial charge is 0.246 e. The number of halogens is 1. The number of sulfonamides is 1. The summed E-state index contributed by atoms with van der Waals surface area (Å²) < 4.78 is 26.8. The summed E-state index contributed by atoms with van der Waals surface area (Å²) in [6.07, 6.45) is 0. The third kappa shape index (κ3) is 2.79. The number of H-pyrrole nitrogens is 1. The van der Waals surface area contributed by atoms with E-state index >= 15 is 0 Å². The molecule has 2 heterocycles. The Labute approximate surface area is 118 Å². The highest BCUT2D eigenvalue weighted by Gasteiger charge is 2.32. The fraction of sp³-hybridized carbons (Fsp3) is 0.727. The molecule has 0 saturated carbocycles. The van der Waals surface area contributed by atoms with Gasteiger partial charge in [-0.3, -0.25) is 5.10 Å². The van der Waals surface area contributed by atoms with Crippen LogP contribution in [0.15, 0.2) is 4.90 Å². The van der Waals surface area contributed by atoms with Crippen molar-refractivity contribution in [2.45, 2.75) is 24.6 Å². The summed E-state index contributed by atoms with van der Waals surface area (Å²) in [7, 11) is -3.50. The van der Waals surface area contributed by atoms with Crippen LogP contribution in [0.3, 0.4) is 0 Å². The summed E-state index contributed by atoms with van der Waals surface area (Å²) in [5, 5.41) is 6.66. The van der Waals surface area contributed by atoms with Crippen molar-refractivity contribution in [3.8, 4) is 0 Å². The average Bonchev–Trinajstić information content (AvgIpc) is 2.80. The van der Waals surface area contributed by atoms with Gasteiger partial charge in [0.2, 0.25) is 10.0 Å². The Morgan fingerprint density at radius 2 is 1.95 bits per heavy atom. The van der Waals surface area contributed by atoms with E-state index in [2.05, 4.69) is 22.0 Å². The first kappa shape index (κ1) is 14.8. The number of nitrogens with zero attached hydrogens (tertiary/aromatic N) is 3. The standard InChI is InChI=1S/C11H19ClN4O2S/c1-3-15-4-6-16(7-5-15)19(17,18)11-9(2)13-14-10(11)8-12/h3-8H2,1-2H3,(H,13,14). The molecule has 1 aliphatic heterocycles. The Kier molecular flexibility index (Phi) is 4.50. The number of hydrogen-bond acceptors (Lipinski definition) is 4. The predicted molar refractivity (Wildman–Crippen MR) is 73.8 cm³/mol. The van der Waals surface area contributed by atoms with Crippen molar-refractivity contribution in [1.29, 1.82) is 0 Å². The lowest BCUT2D eigenvalue weighted by Gasteiger charge is -2.33. The van der Waals surface area contributed by atoms with Crippen LogP contribution in [0.25, 0.3) is 0 Å². The van der Waals surface area contributed by atoms with E-state index in [9.17, 15) is 8.42 Å². The van der Waals surface area contributed by atoms with Crippen LogP contribution in [-0.4, -0.2) is 60.5 Å². The summed E-state index contributed by atoms with van der Waals surface area (Å²) in [5.41, 5.74) is 0.950. The molecule has 0 aromatic carbocycles. The first-order valence-electron chi connectivity index (χ1n) is 6.33. The molecule has 0 atom stereocenters. The highest BCUT2D eigenvalue weighted by molar-refractivity contribution is 7.89. The predicted octanol–water partition coefficient (Wildman–Crippen LogP) is 0.783. The number of piperazine rings is 1. The maximum Gasteiger partial charge on any atom is 0.246 e. The van der Waals surface area contributed by atoms with Crippen LogP contribution < -0.4 is 0 Å². The van der Waals surface area contributed by atoms with Crippen molar-refractivity contribution >= 4 is 21.6 Å². The van der Waals surface area contributed by atoms with Crippen LogP contribution in [-0.2, 0) is 15.9 Å². The molecule has 6 nitrogen and oxygen atoms in total. The largest absolute Gasteiger partial charge is 0.301 e. The fourth-order valence-electron chi connectivity index (χ4n) is 2.32. The van der Waals surface area contributed by atoms with Gasteiger partial charge in [-0.1, -0.05) is 6.92 Å². The van der Waals surface area contributed by atoms with Gasteiger partial charge in [0.1, 0.15) is 4.90 Å². The van der Waals surface area contributed by atoms with E-state index < -0.39 is 10.0 Å². The number of rotatable bonds is 4. The molecule has 0 bridgehead atoms. The molecule has 1 aliphatic rings. The van der Waals surface area contributed by atoms with Gasteiger partial charge in [0.25, 0.3) is 0 Å². The molecule has 1 fully saturated rings. The minimum absolute atomic E-state index is 0.0911. The summed E-state index contributed by atoms with van der Waals surface area (Å²) in [6, 6.07) is 0. The zero-order valence-electron chi connectivity index (χ0n) is 11.2. The molecule has 0 radical (unpaired) electrons. The van der Waals surface area contributed by atoms with E-state index in [0.29, 0.717) is 24.5 Å². The fourth-order valence-corrected chi connectivity index (χ4v) is 4.34. The molecule has 1 aromatic heterocycles. The second-order valence-electron chi connectivity index (χ2n) is 4.60.